The van der Waals surface area contributed by atoms with Crippen molar-refractivity contribution in [2.75, 3.05) is 25.0 Å². The number of aliphatic carboxylic acids is 1. The number of amides is 1. The Hall–Kier alpha value is -1.88. The van der Waals surface area contributed by atoms with Crippen LogP contribution in [0.5, 0.6) is 0 Å². The second-order valence-electron chi connectivity index (χ2n) is 5.02. The van der Waals surface area contributed by atoms with E-state index >= 15 is 0 Å². The van der Waals surface area contributed by atoms with Crippen molar-refractivity contribution >= 4 is 17.6 Å². The predicted molar refractivity (Wildman–Crippen MR) is 72.1 cm³/mol. The van der Waals surface area contributed by atoms with E-state index in [0.29, 0.717) is 13.1 Å². The van der Waals surface area contributed by atoms with Crippen molar-refractivity contribution in [2.24, 2.45) is 5.92 Å². The van der Waals surface area contributed by atoms with Crippen molar-refractivity contribution in [2.45, 2.75) is 13.8 Å². The zero-order chi connectivity index (χ0) is 14.0. The monoisotopic (exact) mass is 262 g/mol. The molecular weight excluding hydrogens is 244 g/mol. The Morgan fingerprint density at radius 2 is 2.05 bits per heavy atom. The van der Waals surface area contributed by atoms with Crippen LogP contribution in [0.4, 0.5) is 5.69 Å². The van der Waals surface area contributed by atoms with E-state index in [9.17, 15) is 9.59 Å². The minimum absolute atomic E-state index is 0.0995. The van der Waals surface area contributed by atoms with E-state index in [1.807, 2.05) is 36.9 Å². The maximum atomic E-state index is 11.9. The third-order valence-electron chi connectivity index (χ3n) is 3.55. The number of carboxylic acid groups (broad SMARTS) is 1. The number of hydrogen-bond donors (Lipinski definition) is 2. The number of rotatable bonds is 4. The lowest BCUT2D eigenvalue weighted by molar-refractivity contribution is -0.148. The molecule has 2 rings (SSSR count). The minimum Gasteiger partial charge on any atom is -0.481 e. The van der Waals surface area contributed by atoms with Crippen LogP contribution in [0, 0.1) is 19.8 Å². The maximum absolute atomic E-state index is 11.9. The van der Waals surface area contributed by atoms with Crippen LogP contribution >= 0.6 is 0 Å². The first-order valence-electron chi connectivity index (χ1n) is 6.28. The van der Waals surface area contributed by atoms with Crippen LogP contribution in [-0.4, -0.2) is 41.5 Å². The molecule has 1 heterocycles. The number of benzene rings is 1. The van der Waals surface area contributed by atoms with Gasteiger partial charge in [-0.05, 0) is 31.0 Å². The summed E-state index contributed by atoms with van der Waals surface area (Å²) in [4.78, 5) is 24.3. The smallest absolute Gasteiger partial charge is 0.309 e. The lowest BCUT2D eigenvalue weighted by Gasteiger charge is -2.35. The van der Waals surface area contributed by atoms with Gasteiger partial charge in [-0.1, -0.05) is 12.1 Å². The average Bonchev–Trinajstić information content (AvgIpc) is 2.28. The third kappa shape index (κ3) is 3.12. The molecule has 1 aliphatic heterocycles. The van der Waals surface area contributed by atoms with Crippen molar-refractivity contribution in [1.29, 1.82) is 0 Å². The van der Waals surface area contributed by atoms with Gasteiger partial charge in [0, 0.05) is 18.8 Å². The molecule has 5 heteroatoms. The molecule has 0 atom stereocenters. The van der Waals surface area contributed by atoms with Crippen molar-refractivity contribution in [1.82, 2.24) is 4.90 Å². The fourth-order valence-corrected chi connectivity index (χ4v) is 2.13. The Bertz CT molecular complexity index is 507. The number of carbonyl (C=O) groups is 2. The average molecular weight is 262 g/mol. The summed E-state index contributed by atoms with van der Waals surface area (Å²) in [5.74, 6) is -1.21. The van der Waals surface area contributed by atoms with E-state index in [-0.39, 0.29) is 18.4 Å². The maximum Gasteiger partial charge on any atom is 0.309 e. The molecule has 2 N–H and O–H groups in total. The zero-order valence-corrected chi connectivity index (χ0v) is 11.1. The van der Waals surface area contributed by atoms with Gasteiger partial charge >= 0.3 is 5.97 Å². The highest BCUT2D eigenvalue weighted by atomic mass is 16.4. The fraction of sp³-hybridized carbons (Fsp3) is 0.429. The van der Waals surface area contributed by atoms with Gasteiger partial charge in [0.15, 0.2) is 0 Å². The van der Waals surface area contributed by atoms with Gasteiger partial charge < -0.3 is 10.4 Å². The van der Waals surface area contributed by atoms with Crippen LogP contribution in [-0.2, 0) is 9.59 Å². The molecule has 0 radical (unpaired) electrons. The van der Waals surface area contributed by atoms with Gasteiger partial charge in [-0.2, -0.15) is 0 Å². The number of aryl methyl sites for hydroxylation is 1. The van der Waals surface area contributed by atoms with Crippen LogP contribution in [0.2, 0.25) is 0 Å². The largest absolute Gasteiger partial charge is 0.481 e. The first kappa shape index (κ1) is 13.5. The molecule has 19 heavy (non-hydrogen) atoms. The molecule has 1 aromatic carbocycles. The van der Waals surface area contributed by atoms with E-state index in [1.54, 1.807) is 0 Å². The van der Waals surface area contributed by atoms with E-state index in [1.165, 1.54) is 0 Å². The summed E-state index contributed by atoms with van der Waals surface area (Å²) in [7, 11) is 0. The summed E-state index contributed by atoms with van der Waals surface area (Å²) in [6, 6.07) is 5.77. The highest BCUT2D eigenvalue weighted by Gasteiger charge is 2.33. The van der Waals surface area contributed by atoms with Crippen molar-refractivity contribution in [3.8, 4) is 0 Å². The Kier molecular flexibility index (Phi) is 3.85. The van der Waals surface area contributed by atoms with E-state index < -0.39 is 5.97 Å². The Morgan fingerprint density at radius 1 is 1.37 bits per heavy atom. The predicted octanol–water partition coefficient (Wildman–Crippen LogP) is 1.26. The van der Waals surface area contributed by atoms with E-state index in [0.717, 1.165) is 16.8 Å². The van der Waals surface area contributed by atoms with Crippen LogP contribution in [0.15, 0.2) is 18.2 Å². The number of carboxylic acids is 1. The molecule has 1 aromatic rings. The van der Waals surface area contributed by atoms with Crippen LogP contribution < -0.4 is 5.32 Å². The van der Waals surface area contributed by atoms with Crippen molar-refractivity contribution < 1.29 is 14.7 Å². The molecule has 0 spiro atoms. The van der Waals surface area contributed by atoms with Crippen LogP contribution in [0.25, 0.3) is 0 Å². The number of nitrogens with one attached hydrogen (secondary N) is 1. The summed E-state index contributed by atoms with van der Waals surface area (Å²) in [6.07, 6.45) is 0. The lowest BCUT2D eigenvalue weighted by atomic mass is 10.0. The molecule has 1 amide bonds. The zero-order valence-electron chi connectivity index (χ0n) is 11.1. The number of nitrogens with zero attached hydrogens (tertiary/aromatic N) is 1. The van der Waals surface area contributed by atoms with Crippen molar-refractivity contribution in [3.63, 3.8) is 0 Å². The molecule has 0 saturated carbocycles. The SMILES string of the molecule is Cc1cccc(NC(=O)CN2CC(C(=O)O)C2)c1C. The Morgan fingerprint density at radius 3 is 2.68 bits per heavy atom. The molecule has 1 aliphatic rings. The van der Waals surface area contributed by atoms with Gasteiger partial charge in [0.1, 0.15) is 0 Å². The molecular formula is C14H18N2O3. The molecule has 0 aliphatic carbocycles. The molecule has 0 unspecified atom stereocenters. The summed E-state index contributed by atoms with van der Waals surface area (Å²) in [6.45, 7) is 5.12. The quantitative estimate of drug-likeness (QED) is 0.857. The summed E-state index contributed by atoms with van der Waals surface area (Å²) >= 11 is 0. The molecule has 0 bridgehead atoms. The number of hydrogen-bond acceptors (Lipinski definition) is 3. The van der Waals surface area contributed by atoms with Gasteiger partial charge in [-0.25, -0.2) is 0 Å². The van der Waals surface area contributed by atoms with Gasteiger partial charge in [-0.3, -0.25) is 14.5 Å². The standard InChI is InChI=1S/C14H18N2O3/c1-9-4-3-5-12(10(9)2)15-13(17)8-16-6-11(7-16)14(18)19/h3-5,11H,6-8H2,1-2H3,(H,15,17)(H,18,19). The van der Waals surface area contributed by atoms with Crippen LogP contribution in [0.1, 0.15) is 11.1 Å². The Labute approximate surface area is 112 Å². The van der Waals surface area contributed by atoms with Crippen LogP contribution in [0.3, 0.4) is 0 Å². The highest BCUT2D eigenvalue weighted by molar-refractivity contribution is 5.93. The molecule has 1 saturated heterocycles. The number of likely N-dealkylation sites (tertiary alicyclic amines) is 1. The minimum atomic E-state index is -0.786. The summed E-state index contributed by atoms with van der Waals surface area (Å²) in [5.41, 5.74) is 3.01. The van der Waals surface area contributed by atoms with E-state index in [4.69, 9.17) is 5.11 Å². The highest BCUT2D eigenvalue weighted by Crippen LogP contribution is 2.19. The normalized spacial score (nSPS) is 15.9. The second-order valence-corrected chi connectivity index (χ2v) is 5.02. The fourth-order valence-electron chi connectivity index (χ4n) is 2.13. The van der Waals surface area contributed by atoms with Gasteiger partial charge in [0.05, 0.1) is 12.5 Å². The second kappa shape index (κ2) is 5.40. The van der Waals surface area contributed by atoms with Gasteiger partial charge in [0.25, 0.3) is 0 Å². The van der Waals surface area contributed by atoms with Gasteiger partial charge in [-0.15, -0.1) is 0 Å². The summed E-state index contributed by atoms with van der Waals surface area (Å²) < 4.78 is 0. The van der Waals surface area contributed by atoms with E-state index in [2.05, 4.69) is 5.32 Å². The number of anilines is 1. The lowest BCUT2D eigenvalue weighted by Crippen LogP contribution is -2.52. The number of carbonyl (C=O) groups excluding carboxylic acids is 1. The molecule has 0 aromatic heterocycles. The first-order chi connectivity index (χ1) is 8.97. The summed E-state index contributed by atoms with van der Waals surface area (Å²) in [5, 5.41) is 11.6. The Balaban J connectivity index is 1.86. The topological polar surface area (TPSA) is 69.6 Å². The first-order valence-corrected chi connectivity index (χ1v) is 6.28. The van der Waals surface area contributed by atoms with Gasteiger partial charge in [0.2, 0.25) is 5.91 Å². The van der Waals surface area contributed by atoms with Crippen molar-refractivity contribution in [3.05, 3.63) is 29.3 Å². The third-order valence-corrected chi connectivity index (χ3v) is 3.55. The molecule has 102 valence electrons. The molecule has 1 fully saturated rings. The molecule has 5 nitrogen and oxygen atoms in total.